The van der Waals surface area contributed by atoms with Crippen molar-refractivity contribution in [1.29, 1.82) is 0 Å². The molecule has 6 nitrogen and oxygen atoms in total. The van der Waals surface area contributed by atoms with Gasteiger partial charge in [0, 0.05) is 13.1 Å². The van der Waals surface area contributed by atoms with E-state index in [2.05, 4.69) is 0 Å². The number of benzene rings is 1. The number of hydrogen-bond donors (Lipinski definition) is 1. The molecule has 20 heavy (non-hydrogen) atoms. The van der Waals surface area contributed by atoms with Crippen molar-refractivity contribution < 1.29 is 17.9 Å². The van der Waals surface area contributed by atoms with Gasteiger partial charge < -0.3 is 15.4 Å². The fraction of sp³-hybridized carbons (Fsp3) is 0.417. The van der Waals surface area contributed by atoms with Crippen LogP contribution in [0.15, 0.2) is 23.1 Å². The van der Waals surface area contributed by atoms with Crippen LogP contribution >= 0.6 is 11.6 Å². The first kappa shape index (κ1) is 15.1. The zero-order valence-corrected chi connectivity index (χ0v) is 12.3. The van der Waals surface area contributed by atoms with Gasteiger partial charge in [0.05, 0.1) is 28.8 Å². The van der Waals surface area contributed by atoms with Gasteiger partial charge in [-0.2, -0.15) is 0 Å². The molecule has 1 saturated heterocycles. The third kappa shape index (κ3) is 3.41. The Hall–Kier alpha value is -1.31. The third-order valence-corrected chi connectivity index (χ3v) is 4.93. The predicted octanol–water partition coefficient (Wildman–Crippen LogP) is 0.555. The topological polar surface area (TPSA) is 89.7 Å². The number of nitrogens with zero attached hydrogens (tertiary/aromatic N) is 1. The number of hydrogen-bond acceptors (Lipinski definition) is 5. The van der Waals surface area contributed by atoms with Crippen LogP contribution in [0.4, 0.5) is 5.69 Å². The number of carbonyl (C=O) groups is 1. The molecule has 110 valence electrons. The Kier molecular flexibility index (Phi) is 4.52. The third-order valence-electron chi connectivity index (χ3n) is 3.01. The molecule has 1 amide bonds. The highest BCUT2D eigenvalue weighted by Gasteiger charge is 2.25. The second-order valence-electron chi connectivity index (χ2n) is 4.44. The smallest absolute Gasteiger partial charge is 0.238 e. The highest BCUT2D eigenvalue weighted by Crippen LogP contribution is 2.23. The summed E-state index contributed by atoms with van der Waals surface area (Å²) in [6.45, 7) is 1.69. The number of rotatable bonds is 3. The Morgan fingerprint density at radius 1 is 1.35 bits per heavy atom. The fourth-order valence-electron chi connectivity index (χ4n) is 1.85. The molecule has 2 N–H and O–H groups in total. The van der Waals surface area contributed by atoms with E-state index in [9.17, 15) is 13.2 Å². The molecule has 1 aliphatic rings. The van der Waals surface area contributed by atoms with E-state index in [1.54, 1.807) is 0 Å². The van der Waals surface area contributed by atoms with Crippen molar-refractivity contribution in [1.82, 2.24) is 4.90 Å². The van der Waals surface area contributed by atoms with E-state index in [1.165, 1.54) is 23.1 Å². The van der Waals surface area contributed by atoms with Gasteiger partial charge in [0.15, 0.2) is 9.84 Å². The minimum atomic E-state index is -3.72. The minimum absolute atomic E-state index is 0.00157. The van der Waals surface area contributed by atoms with Gasteiger partial charge in [0.1, 0.15) is 5.75 Å². The van der Waals surface area contributed by atoms with Crippen LogP contribution in [-0.4, -0.2) is 51.3 Å². The van der Waals surface area contributed by atoms with E-state index < -0.39 is 21.5 Å². The first-order chi connectivity index (χ1) is 9.40. The van der Waals surface area contributed by atoms with Gasteiger partial charge in [0.2, 0.25) is 5.91 Å². The normalized spacial score (nSPS) is 16.1. The lowest BCUT2D eigenvalue weighted by Gasteiger charge is -2.26. The van der Waals surface area contributed by atoms with Crippen molar-refractivity contribution in [2.75, 3.05) is 37.8 Å². The van der Waals surface area contributed by atoms with Gasteiger partial charge in [-0.3, -0.25) is 4.79 Å². The van der Waals surface area contributed by atoms with Crippen LogP contribution in [0.25, 0.3) is 0 Å². The quantitative estimate of drug-likeness (QED) is 0.822. The molecule has 1 fully saturated rings. The highest BCUT2D eigenvalue weighted by molar-refractivity contribution is 7.92. The zero-order valence-electron chi connectivity index (χ0n) is 10.7. The molecule has 2 rings (SSSR count). The number of carbonyl (C=O) groups excluding carboxylic acids is 1. The molecule has 0 atom stereocenters. The van der Waals surface area contributed by atoms with Crippen LogP contribution < -0.4 is 5.73 Å². The van der Waals surface area contributed by atoms with E-state index in [4.69, 9.17) is 22.1 Å². The summed E-state index contributed by atoms with van der Waals surface area (Å²) in [7, 11) is -3.72. The predicted molar refractivity (Wildman–Crippen MR) is 75.3 cm³/mol. The Balaban J connectivity index is 2.13. The fourth-order valence-corrected chi connectivity index (χ4v) is 3.34. The maximum absolute atomic E-state index is 12.2. The summed E-state index contributed by atoms with van der Waals surface area (Å²) in [5, 5.41) is 0.157. The summed E-state index contributed by atoms with van der Waals surface area (Å²) in [6, 6.07) is 4.02. The molecule has 1 aliphatic heterocycles. The minimum Gasteiger partial charge on any atom is -0.398 e. The van der Waals surface area contributed by atoms with E-state index in [0.29, 0.717) is 32.0 Å². The Morgan fingerprint density at radius 3 is 2.60 bits per heavy atom. The Labute approximate surface area is 122 Å². The van der Waals surface area contributed by atoms with Gasteiger partial charge in [-0.15, -0.1) is 0 Å². The van der Waals surface area contributed by atoms with Crippen LogP contribution in [0.2, 0.25) is 5.02 Å². The van der Waals surface area contributed by atoms with E-state index in [-0.39, 0.29) is 9.92 Å². The van der Waals surface area contributed by atoms with E-state index >= 15 is 0 Å². The average molecular weight is 319 g/mol. The molecule has 1 aromatic rings. The molecule has 0 spiro atoms. The molecule has 1 aromatic carbocycles. The number of ether oxygens (including phenoxy) is 1. The first-order valence-electron chi connectivity index (χ1n) is 6.03. The standard InChI is InChI=1S/C12H15ClN2O4S/c13-10-7-9(1-2-11(10)14)20(17,18)8-12(16)15-3-5-19-6-4-15/h1-2,7H,3-6,8,14H2. The summed E-state index contributed by atoms with van der Waals surface area (Å²) in [6.07, 6.45) is 0. The average Bonchev–Trinajstić information content (AvgIpc) is 2.42. The van der Waals surface area contributed by atoms with E-state index in [0.717, 1.165) is 0 Å². The van der Waals surface area contributed by atoms with Crippen molar-refractivity contribution in [2.45, 2.75) is 4.90 Å². The summed E-state index contributed by atoms with van der Waals surface area (Å²) >= 11 is 5.80. The lowest BCUT2D eigenvalue weighted by molar-refractivity contribution is -0.132. The molecule has 0 saturated carbocycles. The monoisotopic (exact) mass is 318 g/mol. The summed E-state index contributed by atoms with van der Waals surface area (Å²) in [5.41, 5.74) is 5.83. The molecule has 0 unspecified atom stereocenters. The molecule has 0 bridgehead atoms. The van der Waals surface area contributed by atoms with Crippen LogP contribution in [0.1, 0.15) is 0 Å². The Morgan fingerprint density at radius 2 is 2.00 bits per heavy atom. The molecule has 0 aromatic heterocycles. The maximum atomic E-state index is 12.2. The van der Waals surface area contributed by atoms with Gasteiger partial charge in [0.25, 0.3) is 0 Å². The van der Waals surface area contributed by atoms with Gasteiger partial charge in [-0.1, -0.05) is 11.6 Å². The van der Waals surface area contributed by atoms with Crippen molar-refractivity contribution in [3.05, 3.63) is 23.2 Å². The van der Waals surface area contributed by atoms with Crippen LogP contribution in [0.5, 0.6) is 0 Å². The van der Waals surface area contributed by atoms with E-state index in [1.807, 2.05) is 0 Å². The van der Waals surface area contributed by atoms with Crippen molar-refractivity contribution >= 4 is 33.0 Å². The molecular formula is C12H15ClN2O4S. The van der Waals surface area contributed by atoms with Gasteiger partial charge in [-0.25, -0.2) is 8.42 Å². The zero-order chi connectivity index (χ0) is 14.8. The number of amides is 1. The number of nitrogens with two attached hydrogens (primary N) is 1. The molecule has 0 radical (unpaired) electrons. The second-order valence-corrected chi connectivity index (χ2v) is 6.83. The summed E-state index contributed by atoms with van der Waals surface area (Å²) in [4.78, 5) is 13.5. The van der Waals surface area contributed by atoms with Gasteiger partial charge >= 0.3 is 0 Å². The van der Waals surface area contributed by atoms with Crippen LogP contribution in [0, 0.1) is 0 Å². The second kappa shape index (κ2) is 5.99. The number of morpholine rings is 1. The first-order valence-corrected chi connectivity index (χ1v) is 8.06. The van der Waals surface area contributed by atoms with Crippen molar-refractivity contribution in [3.63, 3.8) is 0 Å². The lowest BCUT2D eigenvalue weighted by Crippen LogP contribution is -2.43. The molecular weight excluding hydrogens is 304 g/mol. The van der Waals surface area contributed by atoms with Gasteiger partial charge in [-0.05, 0) is 18.2 Å². The molecule has 1 heterocycles. The number of sulfone groups is 1. The highest BCUT2D eigenvalue weighted by atomic mass is 35.5. The van der Waals surface area contributed by atoms with Crippen LogP contribution in [0.3, 0.4) is 0 Å². The van der Waals surface area contributed by atoms with Crippen molar-refractivity contribution in [3.8, 4) is 0 Å². The lowest BCUT2D eigenvalue weighted by atomic mass is 10.3. The number of nitrogen functional groups attached to an aromatic ring is 1. The largest absolute Gasteiger partial charge is 0.398 e. The Bertz CT molecular complexity index is 612. The van der Waals surface area contributed by atoms with Crippen LogP contribution in [-0.2, 0) is 19.4 Å². The molecule has 8 heteroatoms. The SMILES string of the molecule is Nc1ccc(S(=O)(=O)CC(=O)N2CCOCC2)cc1Cl. The maximum Gasteiger partial charge on any atom is 0.238 e. The summed E-state index contributed by atoms with van der Waals surface area (Å²) in [5.74, 6) is -1.01. The van der Waals surface area contributed by atoms with Crippen molar-refractivity contribution in [2.24, 2.45) is 0 Å². The summed E-state index contributed by atoms with van der Waals surface area (Å²) < 4.78 is 29.5. The number of anilines is 1. The molecule has 0 aliphatic carbocycles. The number of halogens is 1.